The Bertz CT molecular complexity index is 415. The predicted molar refractivity (Wildman–Crippen MR) is 75.2 cm³/mol. The zero-order valence-corrected chi connectivity index (χ0v) is 12.5. The van der Waals surface area contributed by atoms with Crippen molar-refractivity contribution in [2.75, 3.05) is 6.54 Å². The molecule has 0 saturated carbocycles. The van der Waals surface area contributed by atoms with Crippen LogP contribution in [0.4, 0.5) is 0 Å². The number of rotatable bonds is 4. The van der Waals surface area contributed by atoms with E-state index >= 15 is 0 Å². The van der Waals surface area contributed by atoms with Crippen molar-refractivity contribution >= 4 is 18.3 Å². The first-order chi connectivity index (χ1) is 7.80. The van der Waals surface area contributed by atoms with Crippen LogP contribution in [0, 0.1) is 19.8 Å². The number of nitrogens with two attached hydrogens (primary N) is 1. The van der Waals surface area contributed by atoms with Crippen LogP contribution in [0.2, 0.25) is 0 Å². The van der Waals surface area contributed by atoms with Crippen molar-refractivity contribution in [2.24, 2.45) is 11.7 Å². The van der Waals surface area contributed by atoms with Crippen molar-refractivity contribution < 1.29 is 9.21 Å². The van der Waals surface area contributed by atoms with Gasteiger partial charge in [-0.25, -0.2) is 0 Å². The lowest BCUT2D eigenvalue weighted by Crippen LogP contribution is -2.55. The summed E-state index contributed by atoms with van der Waals surface area (Å²) in [5, 5.41) is 2.99. The van der Waals surface area contributed by atoms with Crippen molar-refractivity contribution in [3.05, 3.63) is 23.2 Å². The van der Waals surface area contributed by atoms with Gasteiger partial charge < -0.3 is 15.5 Å². The third kappa shape index (κ3) is 3.50. The molecule has 0 saturated heterocycles. The Labute approximate surface area is 115 Å². The van der Waals surface area contributed by atoms with E-state index in [2.05, 4.69) is 5.32 Å². The monoisotopic (exact) mass is 274 g/mol. The van der Waals surface area contributed by atoms with Gasteiger partial charge in [-0.05, 0) is 32.8 Å². The first-order valence-electron chi connectivity index (χ1n) is 5.89. The lowest BCUT2D eigenvalue weighted by molar-refractivity contribution is 0.0881. The summed E-state index contributed by atoms with van der Waals surface area (Å²) in [5.41, 5.74) is 5.93. The Morgan fingerprint density at radius 1 is 1.50 bits per heavy atom. The molecule has 0 spiro atoms. The van der Waals surface area contributed by atoms with Gasteiger partial charge in [0.1, 0.15) is 11.5 Å². The van der Waals surface area contributed by atoms with E-state index < -0.39 is 5.54 Å². The van der Waals surface area contributed by atoms with Crippen LogP contribution < -0.4 is 11.1 Å². The number of hydrogen-bond acceptors (Lipinski definition) is 3. The molecule has 1 aromatic rings. The molecule has 0 aromatic carbocycles. The molecule has 1 heterocycles. The third-order valence-electron chi connectivity index (χ3n) is 3.38. The molecule has 0 aliphatic carbocycles. The molecule has 104 valence electrons. The molecular weight excluding hydrogens is 252 g/mol. The highest BCUT2D eigenvalue weighted by Gasteiger charge is 2.29. The van der Waals surface area contributed by atoms with Gasteiger partial charge in [0, 0.05) is 6.54 Å². The van der Waals surface area contributed by atoms with Gasteiger partial charge in [0.05, 0.1) is 11.1 Å². The fraction of sp³-hybridized carbons (Fsp3) is 0.615. The maximum Gasteiger partial charge on any atom is 0.255 e. The molecule has 1 atom stereocenters. The van der Waals surface area contributed by atoms with Crippen LogP contribution in [0.5, 0.6) is 0 Å². The smallest absolute Gasteiger partial charge is 0.255 e. The van der Waals surface area contributed by atoms with Gasteiger partial charge in [0.15, 0.2) is 0 Å². The van der Waals surface area contributed by atoms with Gasteiger partial charge in [-0.15, -0.1) is 12.4 Å². The molecule has 0 bridgehead atoms. The minimum atomic E-state index is -0.394. The Balaban J connectivity index is 0.00000289. The largest absolute Gasteiger partial charge is 0.466 e. The van der Waals surface area contributed by atoms with Crippen molar-refractivity contribution in [3.63, 3.8) is 0 Å². The average Bonchev–Trinajstić information content (AvgIpc) is 2.57. The Hall–Kier alpha value is -1.000. The second-order valence-corrected chi connectivity index (χ2v) is 5.06. The van der Waals surface area contributed by atoms with E-state index in [0.29, 0.717) is 17.9 Å². The maximum atomic E-state index is 12.1. The first kappa shape index (κ1) is 17.0. The summed E-state index contributed by atoms with van der Waals surface area (Å²) in [6.45, 7) is 10.1. The second kappa shape index (κ2) is 6.25. The molecule has 0 fully saturated rings. The van der Waals surface area contributed by atoms with Gasteiger partial charge in [0.2, 0.25) is 0 Å². The number of nitrogens with one attached hydrogen (secondary N) is 1. The van der Waals surface area contributed by atoms with E-state index in [1.807, 2.05) is 27.7 Å². The summed E-state index contributed by atoms with van der Waals surface area (Å²) in [7, 11) is 0. The summed E-state index contributed by atoms with van der Waals surface area (Å²) in [6, 6.07) is 1.75. The number of furan rings is 1. The lowest BCUT2D eigenvalue weighted by atomic mass is 9.88. The number of amides is 1. The van der Waals surface area contributed by atoms with Gasteiger partial charge in [0.25, 0.3) is 5.91 Å². The molecular formula is C13H23ClN2O2. The summed E-state index contributed by atoms with van der Waals surface area (Å²) in [4.78, 5) is 12.1. The van der Waals surface area contributed by atoms with E-state index in [4.69, 9.17) is 10.2 Å². The standard InChI is InChI=1S/C13H22N2O2.ClH/c1-8(2)13(5,7-14)15-12(16)11-6-9(3)17-10(11)4;/h6,8H,7,14H2,1-5H3,(H,15,16);1H. The Morgan fingerprint density at radius 2 is 2.06 bits per heavy atom. The zero-order valence-electron chi connectivity index (χ0n) is 11.7. The highest BCUT2D eigenvalue weighted by Crippen LogP contribution is 2.18. The Kier molecular flexibility index (Phi) is 5.90. The van der Waals surface area contributed by atoms with Crippen molar-refractivity contribution in [1.29, 1.82) is 0 Å². The molecule has 0 radical (unpaired) electrons. The average molecular weight is 275 g/mol. The lowest BCUT2D eigenvalue weighted by Gasteiger charge is -2.33. The molecule has 4 nitrogen and oxygen atoms in total. The number of aryl methyl sites for hydroxylation is 2. The minimum absolute atomic E-state index is 0. The van der Waals surface area contributed by atoms with E-state index in [0.717, 1.165) is 5.76 Å². The minimum Gasteiger partial charge on any atom is -0.466 e. The van der Waals surface area contributed by atoms with Crippen LogP contribution in [0.3, 0.4) is 0 Å². The molecule has 3 N–H and O–H groups in total. The summed E-state index contributed by atoms with van der Waals surface area (Å²) >= 11 is 0. The Morgan fingerprint density at radius 3 is 2.39 bits per heavy atom. The van der Waals surface area contributed by atoms with Gasteiger partial charge in [-0.1, -0.05) is 13.8 Å². The highest BCUT2D eigenvalue weighted by atomic mass is 35.5. The first-order valence-corrected chi connectivity index (χ1v) is 5.89. The van der Waals surface area contributed by atoms with Gasteiger partial charge in [-0.3, -0.25) is 4.79 Å². The summed E-state index contributed by atoms with van der Waals surface area (Å²) < 4.78 is 5.35. The molecule has 0 aliphatic rings. The zero-order chi connectivity index (χ0) is 13.2. The van der Waals surface area contributed by atoms with Crippen LogP contribution in [0.15, 0.2) is 10.5 Å². The van der Waals surface area contributed by atoms with Crippen LogP contribution in [0.1, 0.15) is 42.6 Å². The maximum absolute atomic E-state index is 12.1. The number of hydrogen-bond donors (Lipinski definition) is 2. The third-order valence-corrected chi connectivity index (χ3v) is 3.38. The summed E-state index contributed by atoms with van der Waals surface area (Å²) in [5.74, 6) is 1.53. The van der Waals surface area contributed by atoms with Crippen LogP contribution >= 0.6 is 12.4 Å². The molecule has 1 amide bonds. The topological polar surface area (TPSA) is 68.3 Å². The SMILES string of the molecule is Cc1cc(C(=O)NC(C)(CN)C(C)C)c(C)o1.Cl. The normalized spacial score (nSPS) is 13.9. The fourth-order valence-corrected chi connectivity index (χ4v) is 1.61. The van der Waals surface area contributed by atoms with Gasteiger partial charge >= 0.3 is 0 Å². The fourth-order valence-electron chi connectivity index (χ4n) is 1.61. The quantitative estimate of drug-likeness (QED) is 0.886. The molecule has 0 aliphatic heterocycles. The highest BCUT2D eigenvalue weighted by molar-refractivity contribution is 5.95. The van der Waals surface area contributed by atoms with Crippen molar-refractivity contribution in [2.45, 2.75) is 40.2 Å². The predicted octanol–water partition coefficient (Wildman–Crippen LogP) is 2.42. The second-order valence-electron chi connectivity index (χ2n) is 5.06. The molecule has 1 rings (SSSR count). The van der Waals surface area contributed by atoms with Crippen molar-refractivity contribution in [1.82, 2.24) is 5.32 Å². The number of carbonyl (C=O) groups is 1. The van der Waals surface area contributed by atoms with E-state index in [1.54, 1.807) is 13.0 Å². The molecule has 1 unspecified atom stereocenters. The molecule has 5 heteroatoms. The van der Waals surface area contributed by atoms with E-state index in [9.17, 15) is 4.79 Å². The van der Waals surface area contributed by atoms with Crippen LogP contribution in [0.25, 0.3) is 0 Å². The summed E-state index contributed by atoms with van der Waals surface area (Å²) in [6.07, 6.45) is 0. The van der Waals surface area contributed by atoms with E-state index in [-0.39, 0.29) is 24.2 Å². The van der Waals surface area contributed by atoms with Crippen LogP contribution in [-0.2, 0) is 0 Å². The number of carbonyl (C=O) groups excluding carboxylic acids is 1. The van der Waals surface area contributed by atoms with E-state index in [1.165, 1.54) is 0 Å². The van der Waals surface area contributed by atoms with Crippen LogP contribution in [-0.4, -0.2) is 18.0 Å². The number of halogens is 1. The molecule has 1 aromatic heterocycles. The molecule has 18 heavy (non-hydrogen) atoms. The van der Waals surface area contributed by atoms with Gasteiger partial charge in [-0.2, -0.15) is 0 Å². The van der Waals surface area contributed by atoms with Crippen molar-refractivity contribution in [3.8, 4) is 0 Å².